The summed E-state index contributed by atoms with van der Waals surface area (Å²) in [5, 5.41) is 9.76. The number of aromatic hydroxyl groups is 1. The van der Waals surface area contributed by atoms with Crippen LogP contribution in [0.15, 0.2) is 18.2 Å². The normalized spacial score (nSPS) is 9.17. The van der Waals surface area contributed by atoms with Crippen molar-refractivity contribution in [3.8, 4) is 5.75 Å². The van der Waals surface area contributed by atoms with Crippen molar-refractivity contribution < 1.29 is 5.11 Å². The summed E-state index contributed by atoms with van der Waals surface area (Å²) >= 11 is 5.75. The molecule has 3 nitrogen and oxygen atoms in total. The zero-order valence-corrected chi connectivity index (χ0v) is 7.82. The topological polar surface area (TPSA) is 58.3 Å². The summed E-state index contributed by atoms with van der Waals surface area (Å²) in [7, 11) is 0. The minimum atomic E-state index is 0. The molecule has 0 aliphatic carbocycles. The van der Waals surface area contributed by atoms with Gasteiger partial charge in [-0.2, -0.15) is 0 Å². The highest BCUT2D eigenvalue weighted by Gasteiger charge is 2.03. The third-order valence-electron chi connectivity index (χ3n) is 1.37. The van der Waals surface area contributed by atoms with Crippen molar-refractivity contribution >= 4 is 24.0 Å². The molecule has 1 aromatic rings. The van der Waals surface area contributed by atoms with E-state index in [0.29, 0.717) is 17.1 Å². The zero-order valence-electron chi connectivity index (χ0n) is 6.25. The third kappa shape index (κ3) is 2.53. The van der Waals surface area contributed by atoms with Crippen LogP contribution in [0.4, 0.5) is 0 Å². The van der Waals surface area contributed by atoms with Crippen molar-refractivity contribution in [2.75, 3.05) is 0 Å². The zero-order chi connectivity index (χ0) is 8.27. The van der Waals surface area contributed by atoms with Gasteiger partial charge in [0.05, 0.1) is 0 Å². The molecule has 0 saturated carbocycles. The highest BCUT2D eigenvalue weighted by atomic mass is 35.5. The Bertz CT molecular complexity index is 235. The Labute approximate surface area is 81.9 Å². The molecule has 4 N–H and O–H groups in total. The standard InChI is InChI=1S/C7H9ClN2O.ClH/c8-6-2-1-3-7(11)5(6)4-10-9;/h1-3,10-11H,4,9H2;1H. The average molecular weight is 209 g/mol. The summed E-state index contributed by atoms with van der Waals surface area (Å²) in [6.45, 7) is 0.367. The Hall–Kier alpha value is -0.480. The number of hydrogen-bond acceptors (Lipinski definition) is 3. The molecule has 0 fully saturated rings. The van der Waals surface area contributed by atoms with Crippen LogP contribution in [0.25, 0.3) is 0 Å². The third-order valence-corrected chi connectivity index (χ3v) is 1.73. The van der Waals surface area contributed by atoms with Crippen LogP contribution >= 0.6 is 24.0 Å². The molecule has 0 amide bonds. The number of benzene rings is 1. The van der Waals surface area contributed by atoms with Crippen LogP contribution in [0.3, 0.4) is 0 Å². The van der Waals surface area contributed by atoms with E-state index >= 15 is 0 Å². The highest BCUT2D eigenvalue weighted by Crippen LogP contribution is 2.24. The number of phenols is 1. The maximum atomic E-state index is 9.24. The molecule has 0 aliphatic heterocycles. The Morgan fingerprint density at radius 3 is 2.67 bits per heavy atom. The molecule has 0 bridgehead atoms. The van der Waals surface area contributed by atoms with Gasteiger partial charge < -0.3 is 5.11 Å². The SMILES string of the molecule is Cl.NNCc1c(O)cccc1Cl. The summed E-state index contributed by atoms with van der Waals surface area (Å²) in [6, 6.07) is 4.95. The summed E-state index contributed by atoms with van der Waals surface area (Å²) < 4.78 is 0. The first-order valence-corrected chi connectivity index (χ1v) is 3.53. The molecule has 68 valence electrons. The van der Waals surface area contributed by atoms with Gasteiger partial charge in [0.15, 0.2) is 0 Å². The first-order valence-electron chi connectivity index (χ1n) is 3.15. The van der Waals surface area contributed by atoms with E-state index in [1.54, 1.807) is 18.2 Å². The lowest BCUT2D eigenvalue weighted by Crippen LogP contribution is -2.21. The molecule has 0 unspecified atom stereocenters. The molecule has 0 atom stereocenters. The number of phenolic OH excluding ortho intramolecular Hbond substituents is 1. The number of nitrogens with one attached hydrogen (secondary N) is 1. The van der Waals surface area contributed by atoms with Crippen LogP contribution in [0, 0.1) is 0 Å². The first kappa shape index (κ1) is 11.5. The van der Waals surface area contributed by atoms with Crippen LogP contribution < -0.4 is 11.3 Å². The van der Waals surface area contributed by atoms with Crippen molar-refractivity contribution in [3.63, 3.8) is 0 Å². The number of hydrogen-bond donors (Lipinski definition) is 3. The summed E-state index contributed by atoms with van der Waals surface area (Å²) in [5.74, 6) is 5.24. The molecule has 0 saturated heterocycles. The highest BCUT2D eigenvalue weighted by molar-refractivity contribution is 6.31. The van der Waals surface area contributed by atoms with Crippen molar-refractivity contribution in [2.45, 2.75) is 6.54 Å². The predicted octanol–water partition coefficient (Wildman–Crippen LogP) is 1.43. The van der Waals surface area contributed by atoms with Gasteiger partial charge >= 0.3 is 0 Å². The maximum Gasteiger partial charge on any atom is 0.121 e. The minimum Gasteiger partial charge on any atom is -0.508 e. The van der Waals surface area contributed by atoms with Crippen LogP contribution in [0.1, 0.15) is 5.56 Å². The van der Waals surface area contributed by atoms with E-state index < -0.39 is 0 Å². The number of rotatable bonds is 2. The van der Waals surface area contributed by atoms with Crippen LogP contribution in [0.2, 0.25) is 5.02 Å². The molecule has 0 spiro atoms. The minimum absolute atomic E-state index is 0. The van der Waals surface area contributed by atoms with E-state index in [0.717, 1.165) is 0 Å². The van der Waals surface area contributed by atoms with Gasteiger partial charge in [0.25, 0.3) is 0 Å². The smallest absolute Gasteiger partial charge is 0.121 e. The molecule has 5 heteroatoms. The Morgan fingerprint density at radius 1 is 1.50 bits per heavy atom. The lowest BCUT2D eigenvalue weighted by molar-refractivity contribution is 0.465. The Morgan fingerprint density at radius 2 is 2.17 bits per heavy atom. The largest absolute Gasteiger partial charge is 0.508 e. The fourth-order valence-corrected chi connectivity index (χ4v) is 1.06. The van der Waals surface area contributed by atoms with Crippen LogP contribution in [-0.2, 0) is 6.54 Å². The Kier molecular flexibility index (Phi) is 5.01. The van der Waals surface area contributed by atoms with Crippen molar-refractivity contribution in [2.24, 2.45) is 5.84 Å². The van der Waals surface area contributed by atoms with E-state index in [2.05, 4.69) is 5.43 Å². The number of hydrazine groups is 1. The first-order chi connectivity index (χ1) is 5.25. The molecule has 0 heterocycles. The molecular formula is C7H10Cl2N2O. The number of nitrogens with two attached hydrogens (primary N) is 1. The van der Waals surface area contributed by atoms with E-state index in [9.17, 15) is 5.11 Å². The second kappa shape index (κ2) is 5.22. The van der Waals surface area contributed by atoms with E-state index in [-0.39, 0.29) is 18.2 Å². The second-order valence-electron chi connectivity index (χ2n) is 2.12. The second-order valence-corrected chi connectivity index (χ2v) is 2.53. The van der Waals surface area contributed by atoms with Crippen LogP contribution in [-0.4, -0.2) is 5.11 Å². The predicted molar refractivity (Wildman–Crippen MR) is 51.4 cm³/mol. The van der Waals surface area contributed by atoms with Gasteiger partial charge in [0, 0.05) is 17.1 Å². The molecule has 1 rings (SSSR count). The molecule has 0 radical (unpaired) electrons. The van der Waals surface area contributed by atoms with Gasteiger partial charge in [-0.25, -0.2) is 0 Å². The van der Waals surface area contributed by atoms with E-state index in [1.165, 1.54) is 0 Å². The lowest BCUT2D eigenvalue weighted by atomic mass is 10.2. The van der Waals surface area contributed by atoms with Gasteiger partial charge in [-0.3, -0.25) is 11.3 Å². The van der Waals surface area contributed by atoms with E-state index in [4.69, 9.17) is 17.4 Å². The molecule has 0 aromatic heterocycles. The van der Waals surface area contributed by atoms with Gasteiger partial charge in [-0.1, -0.05) is 17.7 Å². The molecule has 12 heavy (non-hydrogen) atoms. The number of halogens is 2. The molecular weight excluding hydrogens is 199 g/mol. The average Bonchev–Trinajstić information content (AvgIpc) is 1.97. The monoisotopic (exact) mass is 208 g/mol. The van der Waals surface area contributed by atoms with Gasteiger partial charge in [0.1, 0.15) is 5.75 Å². The van der Waals surface area contributed by atoms with E-state index in [1.807, 2.05) is 0 Å². The molecule has 1 aromatic carbocycles. The summed E-state index contributed by atoms with van der Waals surface area (Å²) in [5.41, 5.74) is 3.04. The fraction of sp³-hybridized carbons (Fsp3) is 0.143. The lowest BCUT2D eigenvalue weighted by Gasteiger charge is -2.04. The molecule has 0 aliphatic rings. The summed E-state index contributed by atoms with van der Waals surface area (Å²) in [6.07, 6.45) is 0. The fourth-order valence-electron chi connectivity index (χ4n) is 0.824. The van der Waals surface area contributed by atoms with Crippen molar-refractivity contribution in [1.29, 1.82) is 0 Å². The summed E-state index contributed by atoms with van der Waals surface area (Å²) in [4.78, 5) is 0. The Balaban J connectivity index is 0.00000121. The maximum absolute atomic E-state index is 9.24. The van der Waals surface area contributed by atoms with Gasteiger partial charge in [-0.15, -0.1) is 12.4 Å². The van der Waals surface area contributed by atoms with Crippen molar-refractivity contribution in [1.82, 2.24) is 5.43 Å². The van der Waals surface area contributed by atoms with Gasteiger partial charge in [0.2, 0.25) is 0 Å². The van der Waals surface area contributed by atoms with Crippen LogP contribution in [0.5, 0.6) is 5.75 Å². The van der Waals surface area contributed by atoms with Gasteiger partial charge in [-0.05, 0) is 12.1 Å². The van der Waals surface area contributed by atoms with Crippen molar-refractivity contribution in [3.05, 3.63) is 28.8 Å². The quantitative estimate of drug-likeness (QED) is 0.510.